The van der Waals surface area contributed by atoms with E-state index in [0.29, 0.717) is 12.1 Å². The fraction of sp³-hybridized carbons (Fsp3) is 0.182. The summed E-state index contributed by atoms with van der Waals surface area (Å²) in [5.74, 6) is -0.925. The molecule has 0 aromatic heterocycles. The predicted molar refractivity (Wildman–Crippen MR) is 58.8 cm³/mol. The molecule has 7 heteroatoms. The average Bonchev–Trinajstić information content (AvgIpc) is 2.25. The smallest absolute Gasteiger partial charge is 0.341 e. The van der Waals surface area contributed by atoms with E-state index < -0.39 is 43.7 Å². The molecule has 0 fully saturated rings. The van der Waals surface area contributed by atoms with Crippen molar-refractivity contribution in [1.82, 2.24) is 0 Å². The number of rotatable bonds is 3. The molecule has 0 spiro atoms. The van der Waals surface area contributed by atoms with Crippen molar-refractivity contribution < 1.29 is 27.1 Å². The first-order valence-corrected chi connectivity index (χ1v) is 6.30. The molecular formula is C11H8F2O4S. The van der Waals surface area contributed by atoms with E-state index in [1.807, 2.05) is 0 Å². The Morgan fingerprint density at radius 2 is 2.00 bits per heavy atom. The zero-order valence-corrected chi connectivity index (χ0v) is 10.0. The van der Waals surface area contributed by atoms with Gasteiger partial charge in [0.25, 0.3) is 0 Å². The molecule has 0 amide bonds. The number of aromatic carboxylic acids is 1. The highest BCUT2D eigenvalue weighted by Gasteiger charge is 2.26. The van der Waals surface area contributed by atoms with Gasteiger partial charge in [-0.05, 0) is 19.1 Å². The normalized spacial score (nSPS) is 10.6. The maximum absolute atomic E-state index is 13.7. The number of benzene rings is 1. The fourth-order valence-corrected chi connectivity index (χ4v) is 2.35. The van der Waals surface area contributed by atoms with Crippen LogP contribution in [0.5, 0.6) is 0 Å². The number of carbonyl (C=O) groups is 1. The molecule has 18 heavy (non-hydrogen) atoms. The first-order chi connectivity index (χ1) is 8.31. The second kappa shape index (κ2) is 5.14. The first kappa shape index (κ1) is 14.1. The lowest BCUT2D eigenvalue weighted by Crippen LogP contribution is -2.13. The van der Waals surface area contributed by atoms with Crippen LogP contribution in [0.2, 0.25) is 0 Å². The lowest BCUT2D eigenvalue weighted by molar-refractivity contribution is 0.0685. The Labute approximate surface area is 102 Å². The van der Waals surface area contributed by atoms with Gasteiger partial charge in [0.15, 0.2) is 15.7 Å². The van der Waals surface area contributed by atoms with E-state index in [1.165, 1.54) is 6.92 Å². The van der Waals surface area contributed by atoms with Crippen LogP contribution in [0.4, 0.5) is 8.78 Å². The van der Waals surface area contributed by atoms with E-state index in [-0.39, 0.29) is 0 Å². The molecule has 1 aromatic carbocycles. The zero-order valence-electron chi connectivity index (χ0n) is 9.20. The minimum Gasteiger partial charge on any atom is -0.477 e. The lowest BCUT2D eigenvalue weighted by Gasteiger charge is -2.06. The standard InChI is InChI=1S/C11H8F2O4S/c1-2-3-6-18(16,17)8-5-4-7(12)9(10(8)13)11(14)15/h4-5H,6H2,1H3,(H,14,15). The Morgan fingerprint density at radius 1 is 1.39 bits per heavy atom. The fourth-order valence-electron chi connectivity index (χ4n) is 1.21. The molecule has 0 radical (unpaired) electrons. The third-order valence-electron chi connectivity index (χ3n) is 2.04. The molecule has 1 aromatic rings. The second-order valence-electron chi connectivity index (χ2n) is 3.23. The van der Waals surface area contributed by atoms with Crippen molar-refractivity contribution in [3.8, 4) is 11.8 Å². The van der Waals surface area contributed by atoms with E-state index in [4.69, 9.17) is 5.11 Å². The molecule has 1 N–H and O–H groups in total. The van der Waals surface area contributed by atoms with Gasteiger partial charge in [-0.25, -0.2) is 22.0 Å². The maximum atomic E-state index is 13.7. The molecule has 0 saturated heterocycles. The molecule has 0 saturated carbocycles. The summed E-state index contributed by atoms with van der Waals surface area (Å²) in [4.78, 5) is 9.76. The van der Waals surface area contributed by atoms with Crippen LogP contribution in [0.1, 0.15) is 17.3 Å². The van der Waals surface area contributed by atoms with E-state index in [1.54, 1.807) is 0 Å². The van der Waals surface area contributed by atoms with Crippen LogP contribution in [-0.4, -0.2) is 25.2 Å². The van der Waals surface area contributed by atoms with Crippen LogP contribution in [0.15, 0.2) is 17.0 Å². The number of carboxylic acids is 1. The molecule has 0 aliphatic carbocycles. The van der Waals surface area contributed by atoms with E-state index in [9.17, 15) is 22.0 Å². The van der Waals surface area contributed by atoms with Crippen LogP contribution >= 0.6 is 0 Å². The lowest BCUT2D eigenvalue weighted by atomic mass is 10.2. The average molecular weight is 274 g/mol. The Bertz CT molecular complexity index is 654. The summed E-state index contributed by atoms with van der Waals surface area (Å²) in [6.45, 7) is 1.40. The monoisotopic (exact) mass is 274 g/mol. The quantitative estimate of drug-likeness (QED) is 0.669. The van der Waals surface area contributed by atoms with E-state index in [2.05, 4.69) is 11.8 Å². The van der Waals surface area contributed by atoms with Crippen molar-refractivity contribution in [3.63, 3.8) is 0 Å². The maximum Gasteiger partial charge on any atom is 0.341 e. The topological polar surface area (TPSA) is 71.4 Å². The van der Waals surface area contributed by atoms with Gasteiger partial charge in [0.05, 0.1) is 0 Å². The minimum atomic E-state index is -4.10. The van der Waals surface area contributed by atoms with Crippen molar-refractivity contribution in [2.75, 3.05) is 5.75 Å². The number of halogens is 2. The van der Waals surface area contributed by atoms with Crippen LogP contribution in [0.25, 0.3) is 0 Å². The van der Waals surface area contributed by atoms with Gasteiger partial charge in [-0.2, -0.15) is 0 Å². The van der Waals surface area contributed by atoms with Crippen molar-refractivity contribution in [1.29, 1.82) is 0 Å². The highest BCUT2D eigenvalue weighted by molar-refractivity contribution is 7.91. The van der Waals surface area contributed by atoms with Gasteiger partial charge in [-0.15, -0.1) is 5.92 Å². The molecule has 1 rings (SSSR count). The molecule has 0 aliphatic heterocycles. The minimum absolute atomic E-state index is 0.596. The SMILES string of the molecule is CC#CCS(=O)(=O)c1ccc(F)c(C(=O)O)c1F. The molecule has 0 unspecified atom stereocenters. The summed E-state index contributed by atoms with van der Waals surface area (Å²) in [6.07, 6.45) is 0. The van der Waals surface area contributed by atoms with Crippen molar-refractivity contribution >= 4 is 15.8 Å². The summed E-state index contributed by atoms with van der Waals surface area (Å²) < 4.78 is 50.0. The van der Waals surface area contributed by atoms with Gasteiger partial charge in [0.1, 0.15) is 22.0 Å². The van der Waals surface area contributed by atoms with Gasteiger partial charge in [-0.3, -0.25) is 0 Å². The van der Waals surface area contributed by atoms with Crippen LogP contribution in [0.3, 0.4) is 0 Å². The van der Waals surface area contributed by atoms with E-state index >= 15 is 0 Å². The van der Waals surface area contributed by atoms with Crippen molar-refractivity contribution in [2.45, 2.75) is 11.8 Å². The Kier molecular flexibility index (Phi) is 4.03. The summed E-state index contributed by atoms with van der Waals surface area (Å²) in [5, 5.41) is 8.61. The number of hydrogen-bond donors (Lipinski definition) is 1. The number of carboxylic acid groups (broad SMARTS) is 1. The number of hydrogen-bond acceptors (Lipinski definition) is 3. The Balaban J connectivity index is 3.48. The molecular weight excluding hydrogens is 266 g/mol. The van der Waals surface area contributed by atoms with Gasteiger partial charge < -0.3 is 5.11 Å². The van der Waals surface area contributed by atoms with Gasteiger partial charge in [0.2, 0.25) is 0 Å². The molecule has 0 heterocycles. The van der Waals surface area contributed by atoms with Crippen LogP contribution < -0.4 is 0 Å². The first-order valence-electron chi connectivity index (χ1n) is 4.65. The Morgan fingerprint density at radius 3 is 2.50 bits per heavy atom. The predicted octanol–water partition coefficient (Wildman–Crippen LogP) is 1.46. The summed E-state index contributed by atoms with van der Waals surface area (Å²) >= 11 is 0. The van der Waals surface area contributed by atoms with Gasteiger partial charge in [0, 0.05) is 0 Å². The molecule has 96 valence electrons. The summed E-state index contributed by atoms with van der Waals surface area (Å²) in [6, 6.07) is 1.28. The summed E-state index contributed by atoms with van der Waals surface area (Å²) in [5.41, 5.74) is -1.29. The van der Waals surface area contributed by atoms with Crippen LogP contribution in [0, 0.1) is 23.5 Å². The largest absolute Gasteiger partial charge is 0.477 e. The molecule has 0 atom stereocenters. The highest BCUT2D eigenvalue weighted by Crippen LogP contribution is 2.22. The van der Waals surface area contributed by atoms with Gasteiger partial charge >= 0.3 is 5.97 Å². The number of sulfone groups is 1. The Hall–Kier alpha value is -1.94. The molecule has 0 bridgehead atoms. The third-order valence-corrected chi connectivity index (χ3v) is 3.55. The molecule has 0 aliphatic rings. The van der Waals surface area contributed by atoms with E-state index in [0.717, 1.165) is 0 Å². The van der Waals surface area contributed by atoms with Gasteiger partial charge in [-0.1, -0.05) is 5.92 Å². The zero-order chi connectivity index (χ0) is 13.9. The highest BCUT2D eigenvalue weighted by atomic mass is 32.2. The molecule has 4 nitrogen and oxygen atoms in total. The van der Waals surface area contributed by atoms with Crippen molar-refractivity contribution in [3.05, 3.63) is 29.3 Å². The van der Waals surface area contributed by atoms with Crippen LogP contribution in [-0.2, 0) is 9.84 Å². The second-order valence-corrected chi connectivity index (χ2v) is 5.18. The van der Waals surface area contributed by atoms with Crippen molar-refractivity contribution in [2.24, 2.45) is 0 Å². The summed E-state index contributed by atoms with van der Waals surface area (Å²) in [7, 11) is -4.10. The third kappa shape index (κ3) is 2.65.